The molecule has 0 bridgehead atoms. The molecular weight excluding hydrogens is 238 g/mol. The van der Waals surface area contributed by atoms with Gasteiger partial charge in [0, 0.05) is 5.56 Å². The first kappa shape index (κ1) is 12.0. The zero-order valence-electron chi connectivity index (χ0n) is 10.8. The summed E-state index contributed by atoms with van der Waals surface area (Å²) in [5.74, 6) is 2.61. The molecule has 96 valence electrons. The van der Waals surface area contributed by atoms with E-state index in [1.165, 1.54) is 4.90 Å². The number of rotatable bonds is 1. The zero-order chi connectivity index (χ0) is 13.6. The van der Waals surface area contributed by atoms with E-state index in [0.29, 0.717) is 17.2 Å². The fourth-order valence-corrected chi connectivity index (χ4v) is 3.27. The van der Waals surface area contributed by atoms with Gasteiger partial charge in [0.25, 0.3) is 0 Å². The van der Waals surface area contributed by atoms with Gasteiger partial charge in [-0.25, -0.2) is 0 Å². The highest BCUT2D eigenvalue weighted by Crippen LogP contribution is 2.44. The molecule has 19 heavy (non-hydrogen) atoms. The summed E-state index contributed by atoms with van der Waals surface area (Å²) in [5, 5.41) is 0. The van der Waals surface area contributed by atoms with Crippen LogP contribution < -0.4 is 4.90 Å². The lowest BCUT2D eigenvalue weighted by atomic mass is 10.00. The minimum Gasteiger partial charge on any atom is -0.274 e. The summed E-state index contributed by atoms with van der Waals surface area (Å²) in [7, 11) is 0. The number of terminal acetylenes is 1. The van der Waals surface area contributed by atoms with Crippen LogP contribution in [0.25, 0.3) is 0 Å². The van der Waals surface area contributed by atoms with E-state index in [4.69, 9.17) is 6.42 Å². The van der Waals surface area contributed by atoms with Crippen LogP contribution >= 0.6 is 0 Å². The Morgan fingerprint density at radius 2 is 1.84 bits per heavy atom. The summed E-state index contributed by atoms with van der Waals surface area (Å²) < 4.78 is 0. The van der Waals surface area contributed by atoms with Crippen molar-refractivity contribution in [3.63, 3.8) is 0 Å². The van der Waals surface area contributed by atoms with Crippen molar-refractivity contribution in [1.29, 1.82) is 0 Å². The largest absolute Gasteiger partial charge is 0.274 e. The lowest BCUT2D eigenvalue weighted by Gasteiger charge is -2.17. The molecule has 2 unspecified atom stereocenters. The van der Waals surface area contributed by atoms with Crippen LogP contribution in [0.4, 0.5) is 5.69 Å². The SMILES string of the molecule is C#Cc1cccc(N2C(=O)C3CC(C)CC3C2=O)c1. The van der Waals surface area contributed by atoms with Crippen LogP contribution in [-0.4, -0.2) is 11.8 Å². The number of nitrogens with zero attached hydrogens (tertiary/aromatic N) is 1. The maximum atomic E-state index is 12.4. The highest BCUT2D eigenvalue weighted by molar-refractivity contribution is 6.22. The molecule has 0 N–H and O–H groups in total. The molecule has 2 atom stereocenters. The first-order valence-electron chi connectivity index (χ1n) is 6.56. The molecule has 1 heterocycles. The van der Waals surface area contributed by atoms with Gasteiger partial charge in [-0.2, -0.15) is 0 Å². The Balaban J connectivity index is 1.97. The van der Waals surface area contributed by atoms with Crippen molar-refractivity contribution in [1.82, 2.24) is 0 Å². The van der Waals surface area contributed by atoms with Crippen LogP contribution in [0.3, 0.4) is 0 Å². The second-order valence-corrected chi connectivity index (χ2v) is 5.50. The van der Waals surface area contributed by atoms with E-state index in [1.54, 1.807) is 24.3 Å². The summed E-state index contributed by atoms with van der Waals surface area (Å²) in [4.78, 5) is 26.1. The highest BCUT2D eigenvalue weighted by atomic mass is 16.2. The molecule has 1 saturated carbocycles. The predicted octanol–water partition coefficient (Wildman–Crippen LogP) is 2.20. The van der Waals surface area contributed by atoms with Gasteiger partial charge in [0.2, 0.25) is 11.8 Å². The second-order valence-electron chi connectivity index (χ2n) is 5.50. The number of hydrogen-bond donors (Lipinski definition) is 0. The normalized spacial score (nSPS) is 29.5. The molecule has 3 heteroatoms. The molecule has 2 aliphatic rings. The third-order valence-electron chi connectivity index (χ3n) is 4.14. The molecule has 3 rings (SSSR count). The van der Waals surface area contributed by atoms with Crippen molar-refractivity contribution < 1.29 is 9.59 Å². The zero-order valence-corrected chi connectivity index (χ0v) is 10.8. The van der Waals surface area contributed by atoms with Gasteiger partial charge in [-0.15, -0.1) is 6.42 Å². The summed E-state index contributed by atoms with van der Waals surface area (Å²) in [6, 6.07) is 7.06. The van der Waals surface area contributed by atoms with Gasteiger partial charge in [0.15, 0.2) is 0 Å². The lowest BCUT2D eigenvalue weighted by Crippen LogP contribution is -2.32. The van der Waals surface area contributed by atoms with E-state index in [1.807, 2.05) is 0 Å². The molecule has 1 aliphatic carbocycles. The number of benzene rings is 1. The van der Waals surface area contributed by atoms with E-state index < -0.39 is 0 Å². The van der Waals surface area contributed by atoms with Crippen LogP contribution in [0.15, 0.2) is 24.3 Å². The topological polar surface area (TPSA) is 37.4 Å². The number of carbonyl (C=O) groups excluding carboxylic acids is 2. The third kappa shape index (κ3) is 1.76. The Morgan fingerprint density at radius 1 is 1.21 bits per heavy atom. The van der Waals surface area contributed by atoms with Crippen molar-refractivity contribution in [2.45, 2.75) is 19.8 Å². The van der Waals surface area contributed by atoms with Gasteiger partial charge in [-0.1, -0.05) is 18.9 Å². The average molecular weight is 253 g/mol. The Bertz CT molecular complexity index is 575. The first-order chi connectivity index (χ1) is 9.11. The fourth-order valence-electron chi connectivity index (χ4n) is 3.27. The number of fused-ring (bicyclic) bond motifs is 1. The molecule has 0 aromatic heterocycles. The van der Waals surface area contributed by atoms with Gasteiger partial charge in [0.1, 0.15) is 0 Å². The van der Waals surface area contributed by atoms with Crippen LogP contribution in [0.1, 0.15) is 25.3 Å². The molecule has 0 spiro atoms. The number of carbonyl (C=O) groups is 2. The quantitative estimate of drug-likeness (QED) is 0.568. The first-order valence-corrected chi connectivity index (χ1v) is 6.56. The van der Waals surface area contributed by atoms with Crippen LogP contribution in [0.2, 0.25) is 0 Å². The smallest absolute Gasteiger partial charge is 0.237 e. The summed E-state index contributed by atoms with van der Waals surface area (Å²) in [5.41, 5.74) is 1.29. The predicted molar refractivity (Wildman–Crippen MR) is 72.2 cm³/mol. The maximum Gasteiger partial charge on any atom is 0.237 e. The van der Waals surface area contributed by atoms with Crippen molar-refractivity contribution in [2.24, 2.45) is 17.8 Å². The van der Waals surface area contributed by atoms with Crippen LogP contribution in [0.5, 0.6) is 0 Å². The van der Waals surface area contributed by atoms with Gasteiger partial charge < -0.3 is 0 Å². The molecular formula is C16H15NO2. The van der Waals surface area contributed by atoms with Gasteiger partial charge >= 0.3 is 0 Å². The van der Waals surface area contributed by atoms with E-state index in [9.17, 15) is 9.59 Å². The van der Waals surface area contributed by atoms with Crippen LogP contribution in [-0.2, 0) is 9.59 Å². The Hall–Kier alpha value is -2.08. The summed E-state index contributed by atoms with van der Waals surface area (Å²) >= 11 is 0. The maximum absolute atomic E-state index is 12.4. The van der Waals surface area contributed by atoms with E-state index in [0.717, 1.165) is 12.8 Å². The molecule has 0 radical (unpaired) electrons. The Morgan fingerprint density at radius 3 is 2.42 bits per heavy atom. The minimum atomic E-state index is -0.128. The molecule has 2 fully saturated rings. The van der Waals surface area contributed by atoms with Gasteiger partial charge in [-0.05, 0) is 37.0 Å². The summed E-state index contributed by atoms with van der Waals surface area (Å²) in [6.45, 7) is 2.10. The van der Waals surface area contributed by atoms with Crippen molar-refractivity contribution in [2.75, 3.05) is 4.90 Å². The average Bonchev–Trinajstić information content (AvgIpc) is 2.89. The number of hydrogen-bond acceptors (Lipinski definition) is 2. The monoisotopic (exact) mass is 253 g/mol. The van der Waals surface area contributed by atoms with Gasteiger partial charge in [-0.3, -0.25) is 14.5 Å². The van der Waals surface area contributed by atoms with Crippen LogP contribution in [0, 0.1) is 30.1 Å². The third-order valence-corrected chi connectivity index (χ3v) is 4.14. The molecule has 1 aliphatic heterocycles. The molecule has 1 saturated heterocycles. The number of anilines is 1. The van der Waals surface area contributed by atoms with E-state index in [2.05, 4.69) is 12.8 Å². The van der Waals surface area contributed by atoms with E-state index in [-0.39, 0.29) is 23.7 Å². The minimum absolute atomic E-state index is 0.0616. The Labute approximate surface area is 112 Å². The van der Waals surface area contributed by atoms with Crippen molar-refractivity contribution in [3.8, 4) is 12.3 Å². The molecule has 2 amide bonds. The molecule has 1 aromatic rings. The van der Waals surface area contributed by atoms with Gasteiger partial charge in [0.05, 0.1) is 17.5 Å². The molecule has 3 nitrogen and oxygen atoms in total. The number of imide groups is 1. The van der Waals surface area contributed by atoms with Crippen molar-refractivity contribution >= 4 is 17.5 Å². The van der Waals surface area contributed by atoms with Crippen molar-refractivity contribution in [3.05, 3.63) is 29.8 Å². The summed E-state index contributed by atoms with van der Waals surface area (Å²) in [6.07, 6.45) is 7.00. The molecule has 1 aromatic carbocycles. The lowest BCUT2D eigenvalue weighted by molar-refractivity contribution is -0.123. The highest BCUT2D eigenvalue weighted by Gasteiger charge is 2.52. The van der Waals surface area contributed by atoms with E-state index >= 15 is 0 Å². The Kier molecular flexibility index (Phi) is 2.67. The fraction of sp³-hybridized carbons (Fsp3) is 0.375. The standard InChI is InChI=1S/C16H15NO2/c1-3-11-5-4-6-12(9-11)17-15(18)13-7-10(2)8-14(13)16(17)19/h1,4-6,9-10,13-14H,7-8H2,2H3. The number of amides is 2. The second kappa shape index (κ2) is 4.24.